The second-order valence-corrected chi connectivity index (χ2v) is 10.5. The molecule has 2 aromatic carbocycles. The van der Waals surface area contributed by atoms with Gasteiger partial charge in [0.1, 0.15) is 0 Å². The minimum Gasteiger partial charge on any atom is -0.448 e. The molecule has 1 aliphatic heterocycles. The van der Waals surface area contributed by atoms with Crippen LogP contribution < -0.4 is 5.32 Å². The van der Waals surface area contributed by atoms with Crippen LogP contribution in [-0.4, -0.2) is 47.9 Å². The number of ether oxygens (including phenoxy) is 1. The second-order valence-electron chi connectivity index (χ2n) is 10.5. The Hall–Kier alpha value is -3.15. The molecule has 1 aliphatic carbocycles. The summed E-state index contributed by atoms with van der Waals surface area (Å²) >= 11 is 0. The van der Waals surface area contributed by atoms with E-state index in [0.29, 0.717) is 18.7 Å². The molecule has 0 bridgehead atoms. The van der Waals surface area contributed by atoms with E-state index in [1.54, 1.807) is 24.3 Å². The molecule has 1 saturated carbocycles. The van der Waals surface area contributed by atoms with E-state index in [2.05, 4.69) is 5.32 Å². The number of nitrogens with zero attached hydrogens (tertiary/aromatic N) is 1. The predicted molar refractivity (Wildman–Crippen MR) is 135 cm³/mol. The first-order valence-corrected chi connectivity index (χ1v) is 12.8. The van der Waals surface area contributed by atoms with E-state index in [4.69, 9.17) is 4.74 Å². The summed E-state index contributed by atoms with van der Waals surface area (Å²) in [4.78, 5) is 41.5. The van der Waals surface area contributed by atoms with Crippen molar-refractivity contribution in [3.63, 3.8) is 0 Å². The molecule has 6 heteroatoms. The lowest BCUT2D eigenvalue weighted by Gasteiger charge is -2.37. The quantitative estimate of drug-likeness (QED) is 0.560. The summed E-state index contributed by atoms with van der Waals surface area (Å²) in [7, 11) is 0. The van der Waals surface area contributed by atoms with Crippen molar-refractivity contribution in [2.24, 2.45) is 5.41 Å². The fourth-order valence-corrected chi connectivity index (χ4v) is 5.31. The van der Waals surface area contributed by atoms with E-state index >= 15 is 0 Å². The van der Waals surface area contributed by atoms with Crippen molar-refractivity contribution in [1.29, 1.82) is 0 Å². The Morgan fingerprint density at radius 3 is 2.26 bits per heavy atom. The number of carbonyl (C=O) groups excluding carboxylic acids is 3. The smallest absolute Gasteiger partial charge is 0.338 e. The lowest BCUT2D eigenvalue weighted by Crippen LogP contribution is -2.53. The summed E-state index contributed by atoms with van der Waals surface area (Å²) in [6.07, 6.45) is 4.97. The fraction of sp³-hybridized carbons (Fsp3) is 0.483. The molecule has 2 aromatic rings. The van der Waals surface area contributed by atoms with Crippen LogP contribution in [-0.2, 0) is 14.3 Å². The Kier molecular flexibility index (Phi) is 7.89. The van der Waals surface area contributed by atoms with Gasteiger partial charge in [0.2, 0.25) is 5.91 Å². The minimum atomic E-state index is -1.01. The normalized spacial score (nSPS) is 19.9. The summed E-state index contributed by atoms with van der Waals surface area (Å²) < 4.78 is 5.87. The molecule has 6 nitrogen and oxygen atoms in total. The number of nitrogens with one attached hydrogen (secondary N) is 1. The number of likely N-dealkylation sites (tertiary alicyclic amines) is 1. The zero-order valence-corrected chi connectivity index (χ0v) is 20.7. The number of esters is 1. The first kappa shape index (κ1) is 25.0. The average Bonchev–Trinajstić information content (AvgIpc) is 3.23. The van der Waals surface area contributed by atoms with Crippen LogP contribution in [0.1, 0.15) is 74.2 Å². The molecule has 1 saturated heterocycles. The molecule has 35 heavy (non-hydrogen) atoms. The first-order valence-electron chi connectivity index (χ1n) is 12.8. The first-order chi connectivity index (χ1) is 16.8. The number of carbonyl (C=O) groups is 3. The SMILES string of the molecule is CC(C)(CN1CC[C@H](c2ccccc2)C1=O)[C@@H](OC(=O)c1ccccc1)C(=O)NC1CCCCC1. The summed E-state index contributed by atoms with van der Waals surface area (Å²) in [5.74, 6) is -0.923. The van der Waals surface area contributed by atoms with Crippen molar-refractivity contribution in [3.05, 3.63) is 71.8 Å². The Bertz CT molecular complexity index is 1020. The Labute approximate surface area is 208 Å². The van der Waals surface area contributed by atoms with Crippen molar-refractivity contribution in [1.82, 2.24) is 10.2 Å². The van der Waals surface area contributed by atoms with Gasteiger partial charge < -0.3 is 15.0 Å². The lowest BCUT2D eigenvalue weighted by molar-refractivity contribution is -0.141. The highest BCUT2D eigenvalue weighted by molar-refractivity contribution is 5.92. The molecule has 2 amide bonds. The van der Waals surface area contributed by atoms with Crippen molar-refractivity contribution in [2.45, 2.75) is 70.4 Å². The fourth-order valence-electron chi connectivity index (χ4n) is 5.31. The zero-order valence-electron chi connectivity index (χ0n) is 20.7. The van der Waals surface area contributed by atoms with E-state index in [9.17, 15) is 14.4 Å². The molecule has 0 aromatic heterocycles. The average molecular weight is 477 g/mol. The Morgan fingerprint density at radius 2 is 1.60 bits per heavy atom. The van der Waals surface area contributed by atoms with Crippen LogP contribution in [0, 0.1) is 5.41 Å². The molecule has 0 unspecified atom stereocenters. The van der Waals surface area contributed by atoms with E-state index in [1.807, 2.05) is 55.1 Å². The van der Waals surface area contributed by atoms with Gasteiger partial charge in [0, 0.05) is 24.5 Å². The van der Waals surface area contributed by atoms with E-state index in [-0.39, 0.29) is 23.8 Å². The molecule has 1 heterocycles. The van der Waals surface area contributed by atoms with Crippen LogP contribution in [0.4, 0.5) is 0 Å². The predicted octanol–water partition coefficient (Wildman–Crippen LogP) is 4.70. The highest BCUT2D eigenvalue weighted by Gasteiger charge is 2.44. The van der Waals surface area contributed by atoms with Crippen molar-refractivity contribution in [3.8, 4) is 0 Å². The molecule has 2 aliphatic rings. The Balaban J connectivity index is 1.50. The molecule has 186 valence electrons. The van der Waals surface area contributed by atoms with Gasteiger partial charge in [0.25, 0.3) is 5.91 Å². The van der Waals surface area contributed by atoms with Crippen molar-refractivity contribution < 1.29 is 19.1 Å². The largest absolute Gasteiger partial charge is 0.448 e. The van der Waals surface area contributed by atoms with Crippen LogP contribution in [0.2, 0.25) is 0 Å². The van der Waals surface area contributed by atoms with Gasteiger partial charge in [-0.25, -0.2) is 4.79 Å². The van der Waals surface area contributed by atoms with Crippen molar-refractivity contribution >= 4 is 17.8 Å². The van der Waals surface area contributed by atoms with Crippen LogP contribution in [0.5, 0.6) is 0 Å². The maximum absolute atomic E-state index is 13.5. The van der Waals surface area contributed by atoms with E-state index in [0.717, 1.165) is 37.7 Å². The van der Waals surface area contributed by atoms with Gasteiger partial charge in [-0.1, -0.05) is 81.6 Å². The summed E-state index contributed by atoms with van der Waals surface area (Å²) in [5, 5.41) is 3.13. The number of hydrogen-bond donors (Lipinski definition) is 1. The topological polar surface area (TPSA) is 75.7 Å². The van der Waals surface area contributed by atoms with Crippen LogP contribution in [0.25, 0.3) is 0 Å². The number of amides is 2. The highest BCUT2D eigenvalue weighted by atomic mass is 16.5. The van der Waals surface area contributed by atoms with Gasteiger partial charge in [-0.2, -0.15) is 0 Å². The van der Waals surface area contributed by atoms with Gasteiger partial charge in [-0.05, 0) is 37.0 Å². The van der Waals surface area contributed by atoms with Crippen LogP contribution >= 0.6 is 0 Å². The number of rotatable bonds is 8. The maximum Gasteiger partial charge on any atom is 0.338 e. The minimum absolute atomic E-state index is 0.0603. The second kappa shape index (κ2) is 11.1. The lowest BCUT2D eigenvalue weighted by atomic mass is 9.84. The van der Waals surface area contributed by atoms with E-state index in [1.165, 1.54) is 6.42 Å². The van der Waals surface area contributed by atoms with Gasteiger partial charge >= 0.3 is 5.97 Å². The van der Waals surface area contributed by atoms with Crippen LogP contribution in [0.3, 0.4) is 0 Å². The molecular weight excluding hydrogens is 440 g/mol. The summed E-state index contributed by atoms with van der Waals surface area (Å²) in [6, 6.07) is 18.6. The van der Waals surface area contributed by atoms with E-state index < -0.39 is 17.5 Å². The molecule has 2 atom stereocenters. The molecule has 0 spiro atoms. The van der Waals surface area contributed by atoms with Gasteiger partial charge in [-0.3, -0.25) is 9.59 Å². The molecule has 1 N–H and O–H groups in total. The molecule has 0 radical (unpaired) electrons. The zero-order chi connectivity index (χ0) is 24.8. The van der Waals surface area contributed by atoms with Gasteiger partial charge in [-0.15, -0.1) is 0 Å². The van der Waals surface area contributed by atoms with Crippen molar-refractivity contribution in [2.75, 3.05) is 13.1 Å². The molecular formula is C29H36N2O4. The van der Waals surface area contributed by atoms with Gasteiger partial charge in [0.15, 0.2) is 6.10 Å². The highest BCUT2D eigenvalue weighted by Crippen LogP contribution is 2.33. The third-order valence-corrected chi connectivity index (χ3v) is 7.23. The third-order valence-electron chi connectivity index (χ3n) is 7.23. The number of benzene rings is 2. The monoisotopic (exact) mass is 476 g/mol. The maximum atomic E-state index is 13.5. The van der Waals surface area contributed by atoms with Gasteiger partial charge in [0.05, 0.1) is 11.5 Å². The molecule has 4 rings (SSSR count). The summed E-state index contributed by atoms with van der Waals surface area (Å²) in [6.45, 7) is 4.75. The van der Waals surface area contributed by atoms with Crippen LogP contribution in [0.15, 0.2) is 60.7 Å². The Morgan fingerprint density at radius 1 is 0.971 bits per heavy atom. The molecule has 2 fully saturated rings. The standard InChI is InChI=1S/C29H36N2O4/c1-29(2,20-31-19-18-24(27(31)33)21-12-6-3-7-13-21)25(26(32)30-23-16-10-5-11-17-23)35-28(34)22-14-8-4-9-15-22/h3-4,6-9,12-15,23-25H,5,10-11,16-20H2,1-2H3,(H,30,32)/t24-,25+/m1/s1. The summed E-state index contributed by atoms with van der Waals surface area (Å²) in [5.41, 5.74) is 0.643. The number of hydrogen-bond acceptors (Lipinski definition) is 4. The third kappa shape index (κ3) is 6.11.